The molecule has 0 aromatic heterocycles. The van der Waals surface area contributed by atoms with Crippen molar-refractivity contribution in [3.63, 3.8) is 0 Å². The summed E-state index contributed by atoms with van der Waals surface area (Å²) in [4.78, 5) is 20.8. The maximum atomic E-state index is 10.5. The number of halogens is 1. The van der Waals surface area contributed by atoms with Gasteiger partial charge in [-0.1, -0.05) is 22.0 Å². The highest BCUT2D eigenvalue weighted by Gasteiger charge is 2.07. The highest BCUT2D eigenvalue weighted by Crippen LogP contribution is 2.22. The normalized spacial score (nSPS) is 9.62. The molecule has 0 heterocycles. The molecule has 1 N–H and O–H groups in total. The summed E-state index contributed by atoms with van der Waals surface area (Å²) >= 11 is 3.16. The Labute approximate surface area is 82.7 Å². The largest absolute Gasteiger partial charge is 0.478 e. The van der Waals surface area contributed by atoms with Gasteiger partial charge < -0.3 is 5.11 Å². The molecule has 13 heavy (non-hydrogen) atoms. The van der Waals surface area contributed by atoms with Crippen molar-refractivity contribution in [3.05, 3.63) is 34.2 Å². The van der Waals surface area contributed by atoms with Crippen LogP contribution in [0.4, 0.5) is 5.69 Å². The second-order valence-corrected chi connectivity index (χ2v) is 2.93. The van der Waals surface area contributed by atoms with Crippen LogP contribution in [0, 0.1) is 4.91 Å². The van der Waals surface area contributed by atoms with Crippen LogP contribution in [-0.2, 0) is 5.33 Å². The van der Waals surface area contributed by atoms with E-state index in [1.807, 2.05) is 0 Å². The fraction of sp³-hybridized carbons (Fsp3) is 0.125. The van der Waals surface area contributed by atoms with Gasteiger partial charge >= 0.3 is 5.97 Å². The van der Waals surface area contributed by atoms with Crippen LogP contribution in [0.2, 0.25) is 0 Å². The maximum absolute atomic E-state index is 10.5. The molecule has 0 unspecified atom stereocenters. The maximum Gasteiger partial charge on any atom is 0.335 e. The summed E-state index contributed by atoms with van der Waals surface area (Å²) in [6.07, 6.45) is 0. The van der Waals surface area contributed by atoms with Crippen molar-refractivity contribution in [3.8, 4) is 0 Å². The van der Waals surface area contributed by atoms with Crippen molar-refractivity contribution < 1.29 is 9.90 Å². The lowest BCUT2D eigenvalue weighted by Crippen LogP contribution is -1.95. The van der Waals surface area contributed by atoms with E-state index in [9.17, 15) is 9.70 Å². The van der Waals surface area contributed by atoms with Gasteiger partial charge in [0.2, 0.25) is 0 Å². The number of alkyl halides is 1. The van der Waals surface area contributed by atoms with Gasteiger partial charge in [0.15, 0.2) is 0 Å². The molecule has 0 aliphatic heterocycles. The monoisotopic (exact) mass is 243 g/mol. The number of aromatic carboxylic acids is 1. The summed E-state index contributed by atoms with van der Waals surface area (Å²) in [6, 6.07) is 4.26. The van der Waals surface area contributed by atoms with Crippen LogP contribution in [0.15, 0.2) is 23.4 Å². The molecule has 5 heteroatoms. The summed E-state index contributed by atoms with van der Waals surface area (Å²) in [7, 11) is 0. The molecule has 4 nitrogen and oxygen atoms in total. The minimum absolute atomic E-state index is 0.0688. The minimum Gasteiger partial charge on any atom is -0.478 e. The molecule has 1 rings (SSSR count). The van der Waals surface area contributed by atoms with E-state index < -0.39 is 5.97 Å². The first-order valence-electron chi connectivity index (χ1n) is 3.44. The number of rotatable bonds is 3. The molecule has 1 aromatic carbocycles. The summed E-state index contributed by atoms with van der Waals surface area (Å²) in [5.74, 6) is -1.06. The van der Waals surface area contributed by atoms with E-state index in [0.29, 0.717) is 10.9 Å². The number of carbonyl (C=O) groups is 1. The predicted molar refractivity (Wildman–Crippen MR) is 51.5 cm³/mol. The zero-order chi connectivity index (χ0) is 9.84. The van der Waals surface area contributed by atoms with Gasteiger partial charge in [0.05, 0.1) is 5.56 Å². The van der Waals surface area contributed by atoms with E-state index in [4.69, 9.17) is 5.11 Å². The van der Waals surface area contributed by atoms with Crippen molar-refractivity contribution in [1.29, 1.82) is 0 Å². The van der Waals surface area contributed by atoms with Crippen LogP contribution >= 0.6 is 15.9 Å². The van der Waals surface area contributed by atoms with Gasteiger partial charge in [0, 0.05) is 5.33 Å². The van der Waals surface area contributed by atoms with Gasteiger partial charge in [-0.15, -0.1) is 4.91 Å². The Morgan fingerprint density at radius 1 is 1.54 bits per heavy atom. The third-order valence-electron chi connectivity index (χ3n) is 1.57. The molecule has 0 aliphatic carbocycles. The summed E-state index contributed by atoms with van der Waals surface area (Å²) < 4.78 is 0. The van der Waals surface area contributed by atoms with E-state index in [1.54, 1.807) is 6.07 Å². The molecule has 0 amide bonds. The standard InChI is InChI=1S/C8H6BrNO3/c9-4-6-2-1-5(8(11)12)3-7(6)10-13/h1-3H,4H2,(H,11,12). The fourth-order valence-electron chi connectivity index (χ4n) is 0.895. The Morgan fingerprint density at radius 3 is 2.69 bits per heavy atom. The van der Waals surface area contributed by atoms with Crippen LogP contribution < -0.4 is 0 Å². The van der Waals surface area contributed by atoms with E-state index in [1.165, 1.54) is 12.1 Å². The smallest absolute Gasteiger partial charge is 0.335 e. The molecule has 0 saturated carbocycles. The zero-order valence-electron chi connectivity index (χ0n) is 6.53. The van der Waals surface area contributed by atoms with Gasteiger partial charge in [-0.3, -0.25) is 0 Å². The molecular formula is C8H6BrNO3. The molecule has 0 aliphatic rings. The fourth-order valence-corrected chi connectivity index (χ4v) is 1.37. The van der Waals surface area contributed by atoms with E-state index in [2.05, 4.69) is 21.1 Å². The molecular weight excluding hydrogens is 238 g/mol. The molecule has 0 spiro atoms. The summed E-state index contributed by atoms with van der Waals surface area (Å²) in [5.41, 5.74) is 0.913. The van der Waals surface area contributed by atoms with Crippen LogP contribution in [0.3, 0.4) is 0 Å². The van der Waals surface area contributed by atoms with Crippen molar-refractivity contribution in [2.45, 2.75) is 5.33 Å². The number of carboxylic acids is 1. The number of nitroso groups, excluding NO2 is 1. The Hall–Kier alpha value is -1.23. The number of benzene rings is 1. The van der Waals surface area contributed by atoms with Gasteiger partial charge in [0.25, 0.3) is 0 Å². The van der Waals surface area contributed by atoms with Crippen LogP contribution in [0.1, 0.15) is 15.9 Å². The Balaban J connectivity index is 3.20. The predicted octanol–water partition coefficient (Wildman–Crippen LogP) is 2.68. The van der Waals surface area contributed by atoms with E-state index >= 15 is 0 Å². The van der Waals surface area contributed by atoms with E-state index in [0.717, 1.165) is 0 Å². The number of carboxylic acid groups (broad SMARTS) is 1. The SMILES string of the molecule is O=Nc1cc(C(=O)O)ccc1CBr. The lowest BCUT2D eigenvalue weighted by molar-refractivity contribution is 0.0697. The molecule has 1 aromatic rings. The van der Waals surface area contributed by atoms with Crippen molar-refractivity contribution in [2.24, 2.45) is 5.18 Å². The third kappa shape index (κ3) is 2.12. The van der Waals surface area contributed by atoms with Gasteiger partial charge in [-0.25, -0.2) is 4.79 Å². The zero-order valence-corrected chi connectivity index (χ0v) is 8.11. The van der Waals surface area contributed by atoms with Crippen molar-refractivity contribution in [2.75, 3.05) is 0 Å². The van der Waals surface area contributed by atoms with Crippen molar-refractivity contribution >= 4 is 27.6 Å². The average Bonchev–Trinajstić information content (AvgIpc) is 2.16. The number of hydrogen-bond donors (Lipinski definition) is 1. The molecule has 0 radical (unpaired) electrons. The lowest BCUT2D eigenvalue weighted by atomic mass is 10.1. The van der Waals surface area contributed by atoms with Crippen LogP contribution in [-0.4, -0.2) is 11.1 Å². The Kier molecular flexibility index (Phi) is 3.13. The highest BCUT2D eigenvalue weighted by atomic mass is 79.9. The lowest BCUT2D eigenvalue weighted by Gasteiger charge is -1.99. The molecule has 0 saturated heterocycles. The summed E-state index contributed by atoms with van der Waals surface area (Å²) in [6.45, 7) is 0. The summed E-state index contributed by atoms with van der Waals surface area (Å²) in [5, 5.41) is 11.8. The van der Waals surface area contributed by atoms with Gasteiger partial charge in [-0.2, -0.15) is 0 Å². The molecule has 0 atom stereocenters. The topological polar surface area (TPSA) is 66.7 Å². The van der Waals surface area contributed by atoms with Crippen molar-refractivity contribution in [1.82, 2.24) is 0 Å². The van der Waals surface area contributed by atoms with E-state index in [-0.39, 0.29) is 11.3 Å². The first kappa shape index (κ1) is 9.85. The first-order valence-corrected chi connectivity index (χ1v) is 4.56. The second kappa shape index (κ2) is 4.13. The molecule has 0 bridgehead atoms. The quantitative estimate of drug-likeness (QED) is 0.656. The third-order valence-corrected chi connectivity index (χ3v) is 2.18. The average molecular weight is 244 g/mol. The highest BCUT2D eigenvalue weighted by molar-refractivity contribution is 9.08. The Morgan fingerprint density at radius 2 is 2.23 bits per heavy atom. The molecule has 0 fully saturated rings. The first-order chi connectivity index (χ1) is 6.19. The number of hydrogen-bond acceptors (Lipinski definition) is 3. The number of nitrogens with zero attached hydrogens (tertiary/aromatic N) is 1. The van der Waals surface area contributed by atoms with Gasteiger partial charge in [-0.05, 0) is 22.9 Å². The molecule has 68 valence electrons. The minimum atomic E-state index is -1.06. The van der Waals surface area contributed by atoms with Crippen LogP contribution in [0.5, 0.6) is 0 Å². The Bertz CT molecular complexity index is 351. The van der Waals surface area contributed by atoms with Gasteiger partial charge in [0.1, 0.15) is 5.69 Å². The van der Waals surface area contributed by atoms with Crippen LogP contribution in [0.25, 0.3) is 0 Å². The second-order valence-electron chi connectivity index (χ2n) is 2.37.